The van der Waals surface area contributed by atoms with Gasteiger partial charge in [0, 0.05) is 31.2 Å². The maximum Gasteiger partial charge on any atom is 0.258 e. The molecule has 2 fully saturated rings. The number of likely N-dealkylation sites (tertiary alicyclic amines) is 1. The Balaban J connectivity index is 1.89. The molecule has 2 N–H and O–H groups in total. The molecule has 2 saturated heterocycles. The quantitative estimate of drug-likeness (QED) is 0.866. The third-order valence-electron chi connectivity index (χ3n) is 5.04. The van der Waals surface area contributed by atoms with Crippen LogP contribution in [0.3, 0.4) is 0 Å². The molecule has 2 aliphatic rings. The molecule has 0 saturated carbocycles. The topological polar surface area (TPSA) is 61.8 Å². The zero-order chi connectivity index (χ0) is 15.2. The first-order chi connectivity index (χ1) is 9.95. The smallest absolute Gasteiger partial charge is 0.258 e. The second-order valence-electron chi connectivity index (χ2n) is 6.48. The van der Waals surface area contributed by atoms with Crippen LogP contribution in [0.4, 0.5) is 0 Å². The van der Waals surface area contributed by atoms with Crippen LogP contribution in [0.2, 0.25) is 0 Å². The summed E-state index contributed by atoms with van der Waals surface area (Å²) in [5.41, 5.74) is 0.147. The number of hydrogen-bond donors (Lipinski definition) is 2. The minimum atomic E-state index is -0.197. The number of benzene rings is 1. The third-order valence-corrected chi connectivity index (χ3v) is 5.04. The summed E-state index contributed by atoms with van der Waals surface area (Å²) in [6.07, 6.45) is 0. The van der Waals surface area contributed by atoms with Crippen LogP contribution in [-0.4, -0.2) is 48.2 Å². The van der Waals surface area contributed by atoms with Gasteiger partial charge in [-0.1, -0.05) is 0 Å². The first-order valence-corrected chi connectivity index (χ1v) is 7.35. The molecule has 2 heterocycles. The van der Waals surface area contributed by atoms with Crippen molar-refractivity contribution in [2.24, 2.45) is 11.8 Å². The number of nitrogens with zero attached hydrogens (tertiary/aromatic N) is 1. The highest BCUT2D eigenvalue weighted by Crippen LogP contribution is 2.42. The van der Waals surface area contributed by atoms with Gasteiger partial charge in [-0.3, -0.25) is 4.79 Å². The zero-order valence-electron chi connectivity index (χ0n) is 12.7. The van der Waals surface area contributed by atoms with Crippen LogP contribution >= 0.6 is 0 Å². The number of ether oxygens (including phenoxy) is 1. The predicted molar refractivity (Wildman–Crippen MR) is 79.6 cm³/mol. The molecule has 5 heteroatoms. The molecule has 2 atom stereocenters. The largest absolute Gasteiger partial charge is 0.507 e. The molecule has 0 aliphatic carbocycles. The summed E-state index contributed by atoms with van der Waals surface area (Å²) >= 11 is 0. The second-order valence-corrected chi connectivity index (χ2v) is 6.48. The van der Waals surface area contributed by atoms with E-state index in [2.05, 4.69) is 19.2 Å². The van der Waals surface area contributed by atoms with Crippen molar-refractivity contribution < 1.29 is 14.6 Å². The fourth-order valence-corrected chi connectivity index (χ4v) is 3.73. The molecule has 0 radical (unpaired) electrons. The van der Waals surface area contributed by atoms with E-state index < -0.39 is 0 Å². The Morgan fingerprint density at radius 1 is 1.43 bits per heavy atom. The fraction of sp³-hybridized carbons (Fsp3) is 0.562. The van der Waals surface area contributed by atoms with Crippen LogP contribution in [0.25, 0.3) is 0 Å². The van der Waals surface area contributed by atoms with Gasteiger partial charge >= 0.3 is 0 Å². The van der Waals surface area contributed by atoms with Crippen molar-refractivity contribution in [2.75, 3.05) is 26.7 Å². The van der Waals surface area contributed by atoms with Crippen LogP contribution in [0.5, 0.6) is 11.5 Å². The van der Waals surface area contributed by atoms with Gasteiger partial charge in [0.2, 0.25) is 0 Å². The first-order valence-electron chi connectivity index (χ1n) is 7.35. The summed E-state index contributed by atoms with van der Waals surface area (Å²) < 4.78 is 5.06. The monoisotopic (exact) mass is 290 g/mol. The Labute approximate surface area is 124 Å². The number of methoxy groups -OCH3 is 1. The van der Waals surface area contributed by atoms with Gasteiger partial charge in [-0.05, 0) is 37.8 Å². The van der Waals surface area contributed by atoms with Gasteiger partial charge in [-0.15, -0.1) is 0 Å². The second kappa shape index (κ2) is 4.91. The molecule has 5 nitrogen and oxygen atoms in total. The molecule has 0 spiro atoms. The lowest BCUT2D eigenvalue weighted by Crippen LogP contribution is -2.47. The van der Waals surface area contributed by atoms with Crippen molar-refractivity contribution in [3.63, 3.8) is 0 Å². The number of rotatable bonds is 2. The average molecular weight is 290 g/mol. The molecule has 2 aliphatic heterocycles. The lowest BCUT2D eigenvalue weighted by molar-refractivity contribution is 0.0600. The van der Waals surface area contributed by atoms with E-state index in [1.54, 1.807) is 12.1 Å². The van der Waals surface area contributed by atoms with Crippen LogP contribution in [0.15, 0.2) is 18.2 Å². The van der Waals surface area contributed by atoms with Crippen molar-refractivity contribution in [1.82, 2.24) is 10.2 Å². The van der Waals surface area contributed by atoms with Gasteiger partial charge in [0.1, 0.15) is 11.5 Å². The summed E-state index contributed by atoms with van der Waals surface area (Å²) in [6, 6.07) is 4.83. The molecule has 0 aromatic heterocycles. The zero-order valence-corrected chi connectivity index (χ0v) is 12.7. The summed E-state index contributed by atoms with van der Waals surface area (Å²) in [4.78, 5) is 14.7. The molecule has 1 aromatic rings. The minimum Gasteiger partial charge on any atom is -0.507 e. The molecule has 114 valence electrons. The SMILES string of the molecule is COc1ccc(C(=O)N2CC3CNCC3C2(C)C)c(O)c1. The molecule has 3 rings (SSSR count). The van der Waals surface area contributed by atoms with E-state index >= 15 is 0 Å². The fourth-order valence-electron chi connectivity index (χ4n) is 3.73. The highest BCUT2D eigenvalue weighted by atomic mass is 16.5. The molecular weight excluding hydrogens is 268 g/mol. The van der Waals surface area contributed by atoms with E-state index in [-0.39, 0.29) is 17.2 Å². The maximum atomic E-state index is 12.8. The molecule has 1 amide bonds. The van der Waals surface area contributed by atoms with Crippen molar-refractivity contribution in [3.8, 4) is 11.5 Å². The van der Waals surface area contributed by atoms with Crippen LogP contribution in [0.1, 0.15) is 24.2 Å². The number of phenols is 1. The van der Waals surface area contributed by atoms with Gasteiger partial charge in [-0.2, -0.15) is 0 Å². The van der Waals surface area contributed by atoms with Gasteiger partial charge in [0.25, 0.3) is 5.91 Å². The number of phenolic OH excluding ortho intramolecular Hbond substituents is 1. The number of aromatic hydroxyl groups is 1. The number of amides is 1. The molecule has 2 unspecified atom stereocenters. The van der Waals surface area contributed by atoms with Crippen molar-refractivity contribution in [3.05, 3.63) is 23.8 Å². The van der Waals surface area contributed by atoms with E-state index in [0.29, 0.717) is 23.1 Å². The Kier molecular flexibility index (Phi) is 3.32. The van der Waals surface area contributed by atoms with Crippen molar-refractivity contribution in [1.29, 1.82) is 0 Å². The Morgan fingerprint density at radius 2 is 2.19 bits per heavy atom. The molecule has 21 heavy (non-hydrogen) atoms. The van der Waals surface area contributed by atoms with E-state index in [4.69, 9.17) is 4.74 Å². The standard InChI is InChI=1S/C16H22N2O3/c1-16(2)13-8-17-7-10(13)9-18(16)15(20)12-5-4-11(21-3)6-14(12)19/h4-6,10,13,17,19H,7-9H2,1-3H3. The normalized spacial score (nSPS) is 26.7. The van der Waals surface area contributed by atoms with Crippen LogP contribution < -0.4 is 10.1 Å². The number of nitrogens with one attached hydrogen (secondary N) is 1. The summed E-state index contributed by atoms with van der Waals surface area (Å²) in [6.45, 7) is 6.89. The van der Waals surface area contributed by atoms with Crippen LogP contribution in [0, 0.1) is 11.8 Å². The summed E-state index contributed by atoms with van der Waals surface area (Å²) in [7, 11) is 1.54. The third kappa shape index (κ3) is 2.16. The Morgan fingerprint density at radius 3 is 2.81 bits per heavy atom. The maximum absolute atomic E-state index is 12.8. The minimum absolute atomic E-state index is 0.0228. The molecule has 0 bridgehead atoms. The van der Waals surface area contributed by atoms with E-state index in [1.165, 1.54) is 13.2 Å². The van der Waals surface area contributed by atoms with E-state index in [1.807, 2.05) is 4.90 Å². The Bertz CT molecular complexity index is 571. The Hall–Kier alpha value is -1.75. The first kappa shape index (κ1) is 14.2. The van der Waals surface area contributed by atoms with Gasteiger partial charge in [-0.25, -0.2) is 0 Å². The van der Waals surface area contributed by atoms with Gasteiger partial charge in [0.15, 0.2) is 0 Å². The molecule has 1 aromatic carbocycles. The summed E-state index contributed by atoms with van der Waals surface area (Å²) in [5.74, 6) is 1.40. The van der Waals surface area contributed by atoms with E-state index in [9.17, 15) is 9.90 Å². The lowest BCUT2D eigenvalue weighted by Gasteiger charge is -2.35. The highest BCUT2D eigenvalue weighted by molar-refractivity contribution is 5.97. The average Bonchev–Trinajstić information content (AvgIpc) is 3.00. The number of carbonyl (C=O) groups is 1. The number of carbonyl (C=O) groups excluding carboxylic acids is 1. The van der Waals surface area contributed by atoms with Gasteiger partial charge in [0.05, 0.1) is 12.7 Å². The van der Waals surface area contributed by atoms with Crippen molar-refractivity contribution >= 4 is 5.91 Å². The predicted octanol–water partition coefficient (Wildman–Crippen LogP) is 1.47. The van der Waals surface area contributed by atoms with E-state index in [0.717, 1.165) is 19.6 Å². The van der Waals surface area contributed by atoms with Crippen LogP contribution in [-0.2, 0) is 0 Å². The number of fused-ring (bicyclic) bond motifs is 1. The lowest BCUT2D eigenvalue weighted by atomic mass is 9.84. The highest BCUT2D eigenvalue weighted by Gasteiger charge is 2.51. The number of hydrogen-bond acceptors (Lipinski definition) is 4. The van der Waals surface area contributed by atoms with Crippen molar-refractivity contribution in [2.45, 2.75) is 19.4 Å². The summed E-state index contributed by atoms with van der Waals surface area (Å²) in [5, 5.41) is 13.5. The molecular formula is C16H22N2O3. The van der Waals surface area contributed by atoms with Gasteiger partial charge < -0.3 is 20.1 Å².